The van der Waals surface area contributed by atoms with Crippen molar-refractivity contribution in [1.82, 2.24) is 0 Å². The van der Waals surface area contributed by atoms with E-state index in [0.717, 1.165) is 35.5 Å². The molecule has 0 saturated carbocycles. The summed E-state index contributed by atoms with van der Waals surface area (Å²) in [6, 6.07) is 13.5. The Morgan fingerprint density at radius 2 is 1.83 bits per heavy atom. The number of hydrogen-bond acceptors (Lipinski definition) is 3. The topological polar surface area (TPSA) is 35.5 Å². The van der Waals surface area contributed by atoms with Gasteiger partial charge in [0.05, 0.1) is 12.2 Å². The average molecular weight is 350 g/mol. The summed E-state index contributed by atoms with van der Waals surface area (Å²) < 4.78 is 11.4. The summed E-state index contributed by atoms with van der Waals surface area (Å²) in [6.45, 7) is 2.65. The first-order chi connectivity index (χ1) is 11.3. The molecule has 1 heterocycles. The molecule has 3 rings (SSSR count). The maximum Gasteiger partial charge on any atom is 0.338 e. The fourth-order valence-electron chi connectivity index (χ4n) is 2.86. The van der Waals surface area contributed by atoms with E-state index in [-0.39, 0.29) is 43.7 Å². The van der Waals surface area contributed by atoms with Crippen LogP contribution in [0.2, 0.25) is 0 Å². The molecule has 0 bridgehead atoms. The molecule has 4 heteroatoms. The first-order valence-corrected chi connectivity index (χ1v) is 8.34. The van der Waals surface area contributed by atoms with E-state index in [4.69, 9.17) is 9.47 Å². The van der Waals surface area contributed by atoms with Crippen molar-refractivity contribution in [2.75, 3.05) is 6.61 Å². The third kappa shape index (κ3) is 4.53. The van der Waals surface area contributed by atoms with Crippen molar-refractivity contribution in [2.45, 2.75) is 39.0 Å². The third-order valence-corrected chi connectivity index (χ3v) is 4.14. The Bertz CT molecular complexity index is 697. The second-order valence-electron chi connectivity index (χ2n) is 5.87. The number of carbonyl (C=O) groups is 1. The summed E-state index contributed by atoms with van der Waals surface area (Å²) >= 11 is 0. The Kier molecular flexibility index (Phi) is 7.60. The minimum atomic E-state index is -0.249. The van der Waals surface area contributed by atoms with E-state index in [0.29, 0.717) is 18.6 Å². The fourth-order valence-corrected chi connectivity index (χ4v) is 2.86. The Morgan fingerprint density at radius 3 is 2.67 bits per heavy atom. The molecule has 2 aromatic carbocycles. The van der Waals surface area contributed by atoms with Crippen molar-refractivity contribution in [3.63, 3.8) is 0 Å². The minimum Gasteiger partial charge on any atom is -0.462 e. The molecular formula is C20H22CaO3. The molecular weight excluding hydrogens is 328 g/mol. The number of ether oxygens (including phenoxy) is 2. The van der Waals surface area contributed by atoms with Gasteiger partial charge in [-0.2, -0.15) is 0 Å². The zero-order valence-electron chi connectivity index (χ0n) is 14.2. The van der Waals surface area contributed by atoms with Crippen LogP contribution in [0.5, 0.6) is 11.5 Å². The zero-order valence-corrected chi connectivity index (χ0v) is 16.4. The molecule has 0 atom stereocenters. The maximum atomic E-state index is 12.4. The molecule has 0 fully saturated rings. The normalized spacial score (nSPS) is 11.5. The molecule has 1 aliphatic rings. The van der Waals surface area contributed by atoms with Gasteiger partial charge in [-0.15, -0.1) is 0 Å². The number of benzene rings is 2. The standard InChI is InChI=1S/C20H22O3.Ca/c1-2-3-4-7-13-22-20(21)16-10-8-12-19-17(16)14-15-9-5-6-11-18(15)23-19;/h5-6,8-12H,2-4,7,13-14H2,1H3;. The summed E-state index contributed by atoms with van der Waals surface area (Å²) in [4.78, 5) is 12.4. The van der Waals surface area contributed by atoms with Crippen molar-refractivity contribution < 1.29 is 14.3 Å². The number of carbonyl (C=O) groups excluding carboxylic acids is 1. The smallest absolute Gasteiger partial charge is 0.338 e. The quantitative estimate of drug-likeness (QED) is 0.366. The average Bonchev–Trinajstić information content (AvgIpc) is 2.59. The Hall–Kier alpha value is -1.03. The van der Waals surface area contributed by atoms with Crippen LogP contribution in [0.1, 0.15) is 54.1 Å². The van der Waals surface area contributed by atoms with Crippen molar-refractivity contribution >= 4 is 43.7 Å². The van der Waals surface area contributed by atoms with Crippen molar-refractivity contribution in [3.8, 4) is 11.5 Å². The van der Waals surface area contributed by atoms with Crippen LogP contribution in [0.4, 0.5) is 0 Å². The van der Waals surface area contributed by atoms with Crippen LogP contribution >= 0.6 is 0 Å². The predicted octanol–water partition coefficient (Wildman–Crippen LogP) is 4.74. The first kappa shape index (κ1) is 19.3. The molecule has 3 nitrogen and oxygen atoms in total. The molecule has 0 aliphatic carbocycles. The fraction of sp³-hybridized carbons (Fsp3) is 0.350. The maximum absolute atomic E-state index is 12.4. The van der Waals surface area contributed by atoms with E-state index >= 15 is 0 Å². The molecule has 0 aromatic heterocycles. The van der Waals surface area contributed by atoms with Crippen LogP contribution in [-0.4, -0.2) is 50.3 Å². The Morgan fingerprint density at radius 1 is 1.04 bits per heavy atom. The number of esters is 1. The van der Waals surface area contributed by atoms with Gasteiger partial charge in [0.1, 0.15) is 11.5 Å². The van der Waals surface area contributed by atoms with Crippen LogP contribution < -0.4 is 4.74 Å². The van der Waals surface area contributed by atoms with Crippen LogP contribution in [0.25, 0.3) is 0 Å². The van der Waals surface area contributed by atoms with Crippen LogP contribution in [0.3, 0.4) is 0 Å². The van der Waals surface area contributed by atoms with Crippen molar-refractivity contribution in [3.05, 3.63) is 59.2 Å². The third-order valence-electron chi connectivity index (χ3n) is 4.14. The molecule has 0 unspecified atom stereocenters. The van der Waals surface area contributed by atoms with Gasteiger partial charge in [-0.1, -0.05) is 50.5 Å². The van der Waals surface area contributed by atoms with E-state index in [9.17, 15) is 4.79 Å². The summed E-state index contributed by atoms with van der Waals surface area (Å²) in [5, 5.41) is 0. The number of hydrogen-bond donors (Lipinski definition) is 0. The molecule has 2 radical (unpaired) electrons. The van der Waals surface area contributed by atoms with Gasteiger partial charge in [0.15, 0.2) is 0 Å². The van der Waals surface area contributed by atoms with E-state index in [1.807, 2.05) is 42.5 Å². The summed E-state index contributed by atoms with van der Waals surface area (Å²) in [6.07, 6.45) is 5.09. The number of para-hydroxylation sites is 1. The van der Waals surface area contributed by atoms with E-state index in [1.54, 1.807) is 0 Å². The van der Waals surface area contributed by atoms with Gasteiger partial charge in [-0.05, 0) is 30.2 Å². The van der Waals surface area contributed by atoms with E-state index in [1.165, 1.54) is 12.8 Å². The monoisotopic (exact) mass is 350 g/mol. The van der Waals surface area contributed by atoms with Crippen LogP contribution in [-0.2, 0) is 11.2 Å². The number of unbranched alkanes of at least 4 members (excludes halogenated alkanes) is 3. The van der Waals surface area contributed by atoms with Crippen LogP contribution in [0.15, 0.2) is 42.5 Å². The summed E-state index contributed by atoms with van der Waals surface area (Å²) in [7, 11) is 0. The minimum absolute atomic E-state index is 0. The van der Waals surface area contributed by atoms with Gasteiger partial charge in [0.2, 0.25) is 0 Å². The molecule has 0 amide bonds. The van der Waals surface area contributed by atoms with Gasteiger partial charge in [0, 0.05) is 49.7 Å². The predicted molar refractivity (Wildman–Crippen MR) is 95.9 cm³/mol. The second-order valence-corrected chi connectivity index (χ2v) is 5.87. The van der Waals surface area contributed by atoms with Gasteiger partial charge in [-0.25, -0.2) is 4.79 Å². The van der Waals surface area contributed by atoms with Crippen molar-refractivity contribution in [1.29, 1.82) is 0 Å². The number of rotatable bonds is 6. The molecule has 122 valence electrons. The molecule has 2 aromatic rings. The second kappa shape index (κ2) is 9.45. The Balaban J connectivity index is 0.00000208. The summed E-state index contributed by atoms with van der Waals surface area (Å²) in [5.74, 6) is 1.37. The van der Waals surface area contributed by atoms with Crippen molar-refractivity contribution in [2.24, 2.45) is 0 Å². The van der Waals surface area contributed by atoms with Gasteiger partial charge < -0.3 is 9.47 Å². The molecule has 0 spiro atoms. The molecule has 0 N–H and O–H groups in total. The van der Waals surface area contributed by atoms with E-state index < -0.39 is 0 Å². The first-order valence-electron chi connectivity index (χ1n) is 8.34. The van der Waals surface area contributed by atoms with Gasteiger partial charge in [-0.3, -0.25) is 0 Å². The van der Waals surface area contributed by atoms with E-state index in [2.05, 4.69) is 6.92 Å². The SMILES string of the molecule is CCCCCCOC(=O)c1cccc2c1Cc1ccccc1O2.[Ca]. The summed E-state index contributed by atoms with van der Waals surface area (Å²) in [5.41, 5.74) is 2.64. The Labute approximate surface area is 173 Å². The zero-order chi connectivity index (χ0) is 16.1. The molecule has 0 saturated heterocycles. The molecule has 24 heavy (non-hydrogen) atoms. The number of fused-ring (bicyclic) bond motifs is 2. The molecule has 1 aliphatic heterocycles. The largest absolute Gasteiger partial charge is 0.462 e. The van der Waals surface area contributed by atoms with Gasteiger partial charge >= 0.3 is 5.97 Å². The van der Waals surface area contributed by atoms with Crippen LogP contribution in [0, 0.1) is 0 Å². The van der Waals surface area contributed by atoms with Gasteiger partial charge in [0.25, 0.3) is 0 Å².